The van der Waals surface area contributed by atoms with E-state index in [1.807, 2.05) is 45.0 Å². The van der Waals surface area contributed by atoms with Crippen LogP contribution in [0.15, 0.2) is 24.5 Å². The number of nitrogens with zero attached hydrogens (tertiary/aromatic N) is 4. The zero-order valence-corrected chi connectivity index (χ0v) is 18.6. The van der Waals surface area contributed by atoms with E-state index >= 15 is 0 Å². The fourth-order valence-corrected chi connectivity index (χ4v) is 6.04. The van der Waals surface area contributed by atoms with Gasteiger partial charge in [-0.15, -0.1) is 0 Å². The molecule has 1 aromatic heterocycles. The van der Waals surface area contributed by atoms with Crippen LogP contribution < -0.4 is 0 Å². The van der Waals surface area contributed by atoms with Crippen LogP contribution in [0, 0.1) is 0 Å². The van der Waals surface area contributed by atoms with Crippen molar-refractivity contribution in [1.29, 1.82) is 0 Å². The van der Waals surface area contributed by atoms with Crippen LogP contribution in [0.2, 0.25) is 0 Å². The molecule has 0 aromatic carbocycles. The van der Waals surface area contributed by atoms with E-state index in [9.17, 15) is 13.2 Å². The summed E-state index contributed by atoms with van der Waals surface area (Å²) in [5, 5.41) is -0.538. The number of sulfonamides is 1. The Morgan fingerprint density at radius 1 is 1.21 bits per heavy atom. The quantitative estimate of drug-likeness (QED) is 0.692. The molecule has 2 fully saturated rings. The minimum absolute atomic E-state index is 0.198. The van der Waals surface area contributed by atoms with Crippen molar-refractivity contribution in [2.75, 3.05) is 46.8 Å². The van der Waals surface area contributed by atoms with Crippen LogP contribution in [0.25, 0.3) is 0 Å². The third-order valence-electron chi connectivity index (χ3n) is 5.58. The molecule has 9 heteroatoms. The normalized spacial score (nSPS) is 20.0. The SMILES string of the molecule is CN(C)CC(C)(C)OC(=O)N1CC(S(=O)(=O)N2CCC(c3ccncc3)CC2)C1. The highest BCUT2D eigenvalue weighted by atomic mass is 32.2. The third-order valence-corrected chi connectivity index (χ3v) is 7.80. The van der Waals surface area contributed by atoms with Crippen molar-refractivity contribution >= 4 is 16.1 Å². The van der Waals surface area contributed by atoms with E-state index in [4.69, 9.17) is 4.74 Å². The summed E-state index contributed by atoms with van der Waals surface area (Å²) in [7, 11) is 0.436. The van der Waals surface area contributed by atoms with Crippen molar-refractivity contribution in [3.05, 3.63) is 30.1 Å². The van der Waals surface area contributed by atoms with E-state index in [1.165, 1.54) is 10.5 Å². The first-order valence-corrected chi connectivity index (χ1v) is 11.6. The van der Waals surface area contributed by atoms with Crippen molar-refractivity contribution in [3.63, 3.8) is 0 Å². The van der Waals surface area contributed by atoms with Crippen molar-refractivity contribution in [3.8, 4) is 0 Å². The molecule has 0 spiro atoms. The number of aromatic nitrogens is 1. The largest absolute Gasteiger partial charge is 0.442 e. The molecule has 29 heavy (non-hydrogen) atoms. The molecule has 0 saturated carbocycles. The Balaban J connectivity index is 1.49. The molecule has 0 radical (unpaired) electrons. The zero-order chi connectivity index (χ0) is 21.2. The molecule has 2 aliphatic rings. The topological polar surface area (TPSA) is 83.0 Å². The van der Waals surface area contributed by atoms with Gasteiger partial charge in [0.2, 0.25) is 10.0 Å². The molecule has 1 aromatic rings. The minimum atomic E-state index is -3.40. The summed E-state index contributed by atoms with van der Waals surface area (Å²) in [5.74, 6) is 0.372. The van der Waals surface area contributed by atoms with Crippen molar-refractivity contribution < 1.29 is 17.9 Å². The van der Waals surface area contributed by atoms with E-state index in [1.54, 1.807) is 16.7 Å². The van der Waals surface area contributed by atoms with Gasteiger partial charge in [-0.2, -0.15) is 0 Å². The molecular weight excluding hydrogens is 392 g/mol. The maximum atomic E-state index is 12.9. The average Bonchev–Trinajstić information content (AvgIpc) is 2.59. The first-order chi connectivity index (χ1) is 13.6. The summed E-state index contributed by atoms with van der Waals surface area (Å²) in [6.07, 6.45) is 4.72. The molecule has 3 heterocycles. The summed E-state index contributed by atoms with van der Waals surface area (Å²) in [6.45, 7) is 5.74. The van der Waals surface area contributed by atoms with Gasteiger partial charge in [0.15, 0.2) is 0 Å². The Hall–Kier alpha value is -1.71. The van der Waals surface area contributed by atoms with Crippen molar-refractivity contribution in [2.24, 2.45) is 0 Å². The van der Waals surface area contributed by atoms with Gasteiger partial charge in [-0.3, -0.25) is 4.98 Å². The zero-order valence-electron chi connectivity index (χ0n) is 17.7. The van der Waals surface area contributed by atoms with Gasteiger partial charge in [-0.25, -0.2) is 17.5 Å². The second-order valence-electron chi connectivity index (χ2n) is 8.89. The number of likely N-dealkylation sites (N-methyl/N-ethyl adjacent to an activating group) is 1. The smallest absolute Gasteiger partial charge is 0.410 e. The third kappa shape index (κ3) is 5.26. The van der Waals surface area contributed by atoms with Crippen LogP contribution in [0.4, 0.5) is 4.79 Å². The fourth-order valence-electron chi connectivity index (χ4n) is 4.16. The van der Waals surface area contributed by atoms with Crippen LogP contribution in [-0.4, -0.2) is 91.3 Å². The summed E-state index contributed by atoms with van der Waals surface area (Å²) in [4.78, 5) is 19.8. The molecular formula is C20H32N4O4S. The van der Waals surface area contributed by atoms with Gasteiger partial charge < -0.3 is 14.5 Å². The second kappa shape index (κ2) is 8.57. The van der Waals surface area contributed by atoms with Crippen LogP contribution in [0.3, 0.4) is 0 Å². The lowest BCUT2D eigenvalue weighted by molar-refractivity contribution is -0.00911. The summed E-state index contributed by atoms with van der Waals surface area (Å²) in [6, 6.07) is 4.00. The molecule has 0 aliphatic carbocycles. The second-order valence-corrected chi connectivity index (χ2v) is 11.1. The fraction of sp³-hybridized carbons (Fsp3) is 0.700. The number of rotatable bonds is 6. The van der Waals surface area contributed by atoms with Crippen LogP contribution in [-0.2, 0) is 14.8 Å². The molecule has 2 saturated heterocycles. The highest BCUT2D eigenvalue weighted by Gasteiger charge is 2.45. The molecule has 162 valence electrons. The molecule has 1 amide bonds. The highest BCUT2D eigenvalue weighted by molar-refractivity contribution is 7.89. The lowest BCUT2D eigenvalue weighted by atomic mass is 9.91. The molecule has 0 N–H and O–H groups in total. The summed E-state index contributed by atoms with van der Waals surface area (Å²) >= 11 is 0. The number of amides is 1. The van der Waals surface area contributed by atoms with Crippen LogP contribution >= 0.6 is 0 Å². The number of hydrogen-bond donors (Lipinski definition) is 0. The molecule has 0 atom stereocenters. The average molecular weight is 425 g/mol. The monoisotopic (exact) mass is 424 g/mol. The standard InChI is InChI=1S/C20H32N4O4S/c1-20(2,15-22(3)4)28-19(25)23-13-18(14-23)29(26,27)24-11-7-17(8-12-24)16-5-9-21-10-6-16/h5-6,9-10,17-18H,7-8,11-15H2,1-4H3. The first kappa shape index (κ1) is 22.0. The van der Waals surface area contributed by atoms with E-state index in [-0.39, 0.29) is 13.1 Å². The van der Waals surface area contributed by atoms with Crippen LogP contribution in [0.1, 0.15) is 38.2 Å². The van der Waals surface area contributed by atoms with E-state index in [0.29, 0.717) is 25.6 Å². The predicted octanol–water partition coefficient (Wildman–Crippen LogP) is 1.75. The predicted molar refractivity (Wildman–Crippen MR) is 111 cm³/mol. The highest BCUT2D eigenvalue weighted by Crippen LogP contribution is 2.31. The van der Waals surface area contributed by atoms with Gasteiger partial charge in [0, 0.05) is 45.1 Å². The van der Waals surface area contributed by atoms with E-state index < -0.39 is 27.0 Å². The molecule has 0 bridgehead atoms. The molecule has 0 unspecified atom stereocenters. The Morgan fingerprint density at radius 2 is 1.79 bits per heavy atom. The van der Waals surface area contributed by atoms with Crippen LogP contribution in [0.5, 0.6) is 0 Å². The van der Waals surface area contributed by atoms with Gasteiger partial charge in [0.25, 0.3) is 0 Å². The Kier molecular flexibility index (Phi) is 6.50. The first-order valence-electron chi connectivity index (χ1n) is 10.1. The van der Waals surface area contributed by atoms with Gasteiger partial charge >= 0.3 is 6.09 Å². The Labute approximate surface area is 173 Å². The Morgan fingerprint density at radius 3 is 2.34 bits per heavy atom. The van der Waals surface area contributed by atoms with Crippen molar-refractivity contribution in [1.82, 2.24) is 19.1 Å². The van der Waals surface area contributed by atoms with Gasteiger partial charge in [0.1, 0.15) is 10.9 Å². The summed E-state index contributed by atoms with van der Waals surface area (Å²) < 4.78 is 33.0. The number of ether oxygens (including phenoxy) is 1. The van der Waals surface area contributed by atoms with Gasteiger partial charge in [-0.05, 0) is 64.4 Å². The molecule has 8 nitrogen and oxygen atoms in total. The minimum Gasteiger partial charge on any atom is -0.442 e. The van der Waals surface area contributed by atoms with E-state index in [0.717, 1.165) is 12.8 Å². The number of pyridine rings is 1. The number of hydrogen-bond acceptors (Lipinski definition) is 6. The Bertz CT molecular complexity index is 799. The lowest BCUT2D eigenvalue weighted by Gasteiger charge is -2.42. The van der Waals surface area contributed by atoms with Crippen molar-refractivity contribution in [2.45, 2.75) is 43.5 Å². The number of carbonyl (C=O) groups is 1. The maximum Gasteiger partial charge on any atom is 0.410 e. The molecule has 3 rings (SSSR count). The summed E-state index contributed by atoms with van der Waals surface area (Å²) in [5.41, 5.74) is 0.592. The lowest BCUT2D eigenvalue weighted by Crippen LogP contribution is -2.61. The van der Waals surface area contributed by atoms with Gasteiger partial charge in [-0.1, -0.05) is 0 Å². The van der Waals surface area contributed by atoms with E-state index in [2.05, 4.69) is 4.98 Å². The number of piperidine rings is 1. The van der Waals surface area contributed by atoms with Gasteiger partial charge in [0.05, 0.1) is 0 Å². The maximum absolute atomic E-state index is 12.9. The number of likely N-dealkylation sites (tertiary alicyclic amines) is 1. The number of carbonyl (C=O) groups excluding carboxylic acids is 1. The molecule has 2 aliphatic heterocycles.